The fourth-order valence-corrected chi connectivity index (χ4v) is 2.85. The van der Waals surface area contributed by atoms with Gasteiger partial charge in [-0.2, -0.15) is 0 Å². The Labute approximate surface area is 147 Å². The SMILES string of the molecule is CCCCn1c(=O)c2nc(-c3ccc4c(c3)OCO4)nnc2n(C)c1=O. The number of nitrogens with zero attached hydrogens (tertiary/aromatic N) is 5. The summed E-state index contributed by atoms with van der Waals surface area (Å²) in [6.45, 7) is 2.51. The van der Waals surface area contributed by atoms with E-state index in [0.717, 1.165) is 12.8 Å². The van der Waals surface area contributed by atoms with Crippen LogP contribution in [0.5, 0.6) is 11.5 Å². The van der Waals surface area contributed by atoms with E-state index in [1.165, 1.54) is 9.13 Å². The molecular weight excluding hydrogens is 338 g/mol. The van der Waals surface area contributed by atoms with Crippen molar-refractivity contribution < 1.29 is 9.47 Å². The van der Waals surface area contributed by atoms with Gasteiger partial charge in [-0.3, -0.25) is 13.9 Å². The molecule has 0 aliphatic carbocycles. The van der Waals surface area contributed by atoms with Crippen LogP contribution in [-0.4, -0.2) is 31.1 Å². The molecule has 0 amide bonds. The van der Waals surface area contributed by atoms with Gasteiger partial charge in [0.15, 0.2) is 28.5 Å². The third-order valence-electron chi connectivity index (χ3n) is 4.32. The number of aromatic nitrogens is 5. The topological polar surface area (TPSA) is 101 Å². The number of hydrogen-bond acceptors (Lipinski definition) is 7. The average Bonchev–Trinajstić information content (AvgIpc) is 3.13. The van der Waals surface area contributed by atoms with Crippen molar-refractivity contribution in [1.29, 1.82) is 0 Å². The van der Waals surface area contributed by atoms with Crippen molar-refractivity contribution >= 4 is 11.2 Å². The lowest BCUT2D eigenvalue weighted by Gasteiger charge is -2.09. The van der Waals surface area contributed by atoms with E-state index in [9.17, 15) is 9.59 Å². The van der Waals surface area contributed by atoms with Crippen LogP contribution in [0, 0.1) is 0 Å². The van der Waals surface area contributed by atoms with Crippen LogP contribution < -0.4 is 20.7 Å². The van der Waals surface area contributed by atoms with Gasteiger partial charge >= 0.3 is 5.69 Å². The van der Waals surface area contributed by atoms with Gasteiger partial charge < -0.3 is 9.47 Å². The molecule has 2 aromatic heterocycles. The second-order valence-corrected chi connectivity index (χ2v) is 6.03. The molecule has 1 aromatic carbocycles. The maximum Gasteiger partial charge on any atom is 0.332 e. The summed E-state index contributed by atoms with van der Waals surface area (Å²) in [4.78, 5) is 29.5. The van der Waals surface area contributed by atoms with Crippen molar-refractivity contribution in [3.8, 4) is 22.9 Å². The first-order valence-electron chi connectivity index (χ1n) is 8.34. The summed E-state index contributed by atoms with van der Waals surface area (Å²) in [5.74, 6) is 1.52. The van der Waals surface area contributed by atoms with E-state index in [0.29, 0.717) is 23.6 Å². The van der Waals surface area contributed by atoms with Gasteiger partial charge in [-0.15, -0.1) is 10.2 Å². The normalized spacial score (nSPS) is 12.7. The molecule has 0 fully saturated rings. The van der Waals surface area contributed by atoms with E-state index in [-0.39, 0.29) is 23.8 Å². The molecule has 0 radical (unpaired) electrons. The third-order valence-corrected chi connectivity index (χ3v) is 4.32. The molecule has 26 heavy (non-hydrogen) atoms. The Hall–Kier alpha value is -3.23. The molecule has 0 atom stereocenters. The van der Waals surface area contributed by atoms with Crippen molar-refractivity contribution in [1.82, 2.24) is 24.3 Å². The summed E-state index contributed by atoms with van der Waals surface area (Å²) in [7, 11) is 1.56. The Bertz CT molecular complexity index is 1120. The van der Waals surface area contributed by atoms with E-state index in [4.69, 9.17) is 9.47 Å². The average molecular weight is 355 g/mol. The maximum atomic E-state index is 12.8. The van der Waals surface area contributed by atoms with Gasteiger partial charge in [-0.25, -0.2) is 9.78 Å². The van der Waals surface area contributed by atoms with Gasteiger partial charge in [0.1, 0.15) is 0 Å². The first-order chi connectivity index (χ1) is 12.6. The minimum atomic E-state index is -0.451. The summed E-state index contributed by atoms with van der Waals surface area (Å²) in [6, 6.07) is 5.27. The molecule has 1 aliphatic heterocycles. The lowest BCUT2D eigenvalue weighted by Crippen LogP contribution is -2.40. The number of benzene rings is 1. The predicted molar refractivity (Wildman–Crippen MR) is 93.3 cm³/mol. The van der Waals surface area contributed by atoms with Crippen LogP contribution in [0.4, 0.5) is 0 Å². The molecule has 1 aliphatic rings. The summed E-state index contributed by atoms with van der Waals surface area (Å²) >= 11 is 0. The van der Waals surface area contributed by atoms with E-state index >= 15 is 0 Å². The monoisotopic (exact) mass is 355 g/mol. The summed E-state index contributed by atoms with van der Waals surface area (Å²) in [5.41, 5.74) is 0.0662. The van der Waals surface area contributed by atoms with E-state index in [2.05, 4.69) is 15.2 Å². The van der Waals surface area contributed by atoms with Crippen LogP contribution in [0.2, 0.25) is 0 Å². The number of unbranched alkanes of at least 4 members (excludes halogenated alkanes) is 1. The molecule has 134 valence electrons. The predicted octanol–water partition coefficient (Wildman–Crippen LogP) is 1.08. The molecule has 9 nitrogen and oxygen atoms in total. The van der Waals surface area contributed by atoms with Crippen LogP contribution in [-0.2, 0) is 13.6 Å². The standard InChI is InChI=1S/C17H17N5O4/c1-3-4-7-22-16(23)13-15(21(2)17(22)24)20-19-14(18-13)10-5-6-11-12(8-10)26-9-25-11/h5-6,8H,3-4,7,9H2,1-2H3. The Kier molecular flexibility index (Phi) is 3.90. The van der Waals surface area contributed by atoms with Crippen LogP contribution in [0.1, 0.15) is 19.8 Å². The van der Waals surface area contributed by atoms with Crippen molar-refractivity contribution in [2.75, 3.05) is 6.79 Å². The van der Waals surface area contributed by atoms with Gasteiger partial charge in [0.05, 0.1) is 0 Å². The molecule has 3 aromatic rings. The summed E-state index contributed by atoms with van der Waals surface area (Å²) < 4.78 is 13.2. The molecule has 0 spiro atoms. The van der Waals surface area contributed by atoms with Crippen molar-refractivity contribution in [2.45, 2.75) is 26.3 Å². The van der Waals surface area contributed by atoms with Crippen molar-refractivity contribution in [3.05, 3.63) is 39.0 Å². The number of ether oxygens (including phenoxy) is 2. The molecule has 3 heterocycles. The van der Waals surface area contributed by atoms with Crippen LogP contribution >= 0.6 is 0 Å². The molecule has 0 saturated carbocycles. The quantitative estimate of drug-likeness (QED) is 0.690. The van der Waals surface area contributed by atoms with Gasteiger partial charge in [0.2, 0.25) is 6.79 Å². The zero-order valence-electron chi connectivity index (χ0n) is 14.4. The van der Waals surface area contributed by atoms with Crippen LogP contribution in [0.3, 0.4) is 0 Å². The zero-order valence-corrected chi connectivity index (χ0v) is 14.4. The van der Waals surface area contributed by atoms with E-state index < -0.39 is 11.2 Å². The minimum absolute atomic E-state index is 0.117. The summed E-state index contributed by atoms with van der Waals surface area (Å²) in [6.07, 6.45) is 1.60. The second-order valence-electron chi connectivity index (χ2n) is 6.03. The molecule has 0 N–H and O–H groups in total. The Balaban J connectivity index is 1.89. The summed E-state index contributed by atoms with van der Waals surface area (Å²) in [5, 5.41) is 8.13. The highest BCUT2D eigenvalue weighted by Crippen LogP contribution is 2.34. The highest BCUT2D eigenvalue weighted by molar-refractivity contribution is 5.71. The first kappa shape index (κ1) is 16.2. The smallest absolute Gasteiger partial charge is 0.332 e. The second kappa shape index (κ2) is 6.25. The fourth-order valence-electron chi connectivity index (χ4n) is 2.85. The number of aryl methyl sites for hydroxylation is 1. The van der Waals surface area contributed by atoms with Gasteiger partial charge in [0.25, 0.3) is 5.56 Å². The highest BCUT2D eigenvalue weighted by Gasteiger charge is 2.18. The third kappa shape index (κ3) is 2.52. The molecule has 0 bridgehead atoms. The number of hydrogen-bond donors (Lipinski definition) is 0. The Morgan fingerprint density at radius 1 is 1.15 bits per heavy atom. The molecule has 0 saturated heterocycles. The maximum absolute atomic E-state index is 12.8. The van der Waals surface area contributed by atoms with Crippen LogP contribution in [0.25, 0.3) is 22.6 Å². The molecular formula is C17H17N5O4. The molecule has 4 rings (SSSR count). The van der Waals surface area contributed by atoms with Crippen molar-refractivity contribution in [3.63, 3.8) is 0 Å². The van der Waals surface area contributed by atoms with Gasteiger partial charge in [-0.1, -0.05) is 13.3 Å². The van der Waals surface area contributed by atoms with Gasteiger partial charge in [0, 0.05) is 19.2 Å². The van der Waals surface area contributed by atoms with E-state index in [1.54, 1.807) is 25.2 Å². The zero-order chi connectivity index (χ0) is 18.3. The lowest BCUT2D eigenvalue weighted by molar-refractivity contribution is 0.174. The molecule has 0 unspecified atom stereocenters. The Morgan fingerprint density at radius 2 is 1.96 bits per heavy atom. The first-order valence-corrected chi connectivity index (χ1v) is 8.34. The van der Waals surface area contributed by atoms with Crippen LogP contribution in [0.15, 0.2) is 27.8 Å². The Morgan fingerprint density at radius 3 is 2.77 bits per heavy atom. The van der Waals surface area contributed by atoms with Gasteiger partial charge in [-0.05, 0) is 24.6 Å². The lowest BCUT2D eigenvalue weighted by atomic mass is 10.2. The van der Waals surface area contributed by atoms with E-state index in [1.807, 2.05) is 6.92 Å². The molecule has 9 heteroatoms. The highest BCUT2D eigenvalue weighted by atomic mass is 16.7. The van der Waals surface area contributed by atoms with Crippen molar-refractivity contribution in [2.24, 2.45) is 7.05 Å². The number of rotatable bonds is 4. The minimum Gasteiger partial charge on any atom is -0.454 e. The fraction of sp³-hybridized carbons (Fsp3) is 0.353. The largest absolute Gasteiger partial charge is 0.454 e. The number of fused-ring (bicyclic) bond motifs is 2.